The van der Waals surface area contributed by atoms with Crippen LogP contribution in [0, 0.1) is 5.41 Å². The number of aliphatic hydroxyl groups excluding tert-OH is 1. The number of hydrogen-bond acceptors (Lipinski definition) is 5. The van der Waals surface area contributed by atoms with Gasteiger partial charge in [0, 0.05) is 23.9 Å². The van der Waals surface area contributed by atoms with E-state index in [0.29, 0.717) is 12.8 Å². The van der Waals surface area contributed by atoms with Gasteiger partial charge in [0.25, 0.3) is 0 Å². The van der Waals surface area contributed by atoms with Crippen LogP contribution in [0.5, 0.6) is 0 Å². The SMILES string of the molecule is CCC(CC)(CO)CNS(=O)(=O)c1csc(C(=O)O)c1. The van der Waals surface area contributed by atoms with Gasteiger partial charge in [0.05, 0.1) is 4.90 Å². The molecule has 0 amide bonds. The zero-order valence-corrected chi connectivity index (χ0v) is 13.1. The molecule has 0 saturated heterocycles. The molecule has 1 heterocycles. The second-order valence-electron chi connectivity index (χ2n) is 4.64. The van der Waals surface area contributed by atoms with Crippen LogP contribution in [0.2, 0.25) is 0 Å². The molecule has 0 atom stereocenters. The first-order valence-corrected chi connectivity index (χ1v) is 8.59. The van der Waals surface area contributed by atoms with E-state index in [1.807, 2.05) is 13.8 Å². The van der Waals surface area contributed by atoms with E-state index in [9.17, 15) is 18.3 Å². The van der Waals surface area contributed by atoms with Crippen molar-refractivity contribution in [2.75, 3.05) is 13.2 Å². The van der Waals surface area contributed by atoms with Crippen molar-refractivity contribution < 1.29 is 23.4 Å². The summed E-state index contributed by atoms with van der Waals surface area (Å²) in [6.07, 6.45) is 1.29. The molecule has 3 N–H and O–H groups in total. The van der Waals surface area contributed by atoms with Gasteiger partial charge < -0.3 is 10.2 Å². The lowest BCUT2D eigenvalue weighted by molar-refractivity contribution is 0.0702. The predicted octanol–water partition coefficient (Wildman–Crippen LogP) is 1.52. The van der Waals surface area contributed by atoms with Crippen molar-refractivity contribution in [2.45, 2.75) is 31.6 Å². The van der Waals surface area contributed by atoms with E-state index in [-0.39, 0.29) is 22.9 Å². The maximum atomic E-state index is 12.1. The molecule has 6 nitrogen and oxygen atoms in total. The molecule has 114 valence electrons. The molecule has 1 aromatic rings. The van der Waals surface area contributed by atoms with Crippen molar-refractivity contribution in [1.82, 2.24) is 4.72 Å². The molecule has 0 unspecified atom stereocenters. The molecule has 1 rings (SSSR count). The highest BCUT2D eigenvalue weighted by atomic mass is 32.2. The molecular weight excluding hydrogens is 302 g/mol. The Bertz CT molecular complexity index is 552. The van der Waals surface area contributed by atoms with Crippen molar-refractivity contribution in [3.05, 3.63) is 16.3 Å². The third-order valence-electron chi connectivity index (χ3n) is 3.57. The second kappa shape index (κ2) is 6.66. The lowest BCUT2D eigenvalue weighted by atomic mass is 9.84. The number of aromatic carboxylic acids is 1. The van der Waals surface area contributed by atoms with Crippen molar-refractivity contribution in [3.8, 4) is 0 Å². The van der Waals surface area contributed by atoms with Crippen LogP contribution in [0.25, 0.3) is 0 Å². The van der Waals surface area contributed by atoms with Gasteiger partial charge in [-0.1, -0.05) is 13.8 Å². The summed E-state index contributed by atoms with van der Waals surface area (Å²) in [6.45, 7) is 3.80. The van der Waals surface area contributed by atoms with Crippen LogP contribution >= 0.6 is 11.3 Å². The number of thiophene rings is 1. The number of aliphatic hydroxyl groups is 1. The van der Waals surface area contributed by atoms with Crippen LogP contribution in [-0.4, -0.2) is 37.8 Å². The molecule has 0 aliphatic rings. The van der Waals surface area contributed by atoms with Crippen LogP contribution in [0.15, 0.2) is 16.3 Å². The van der Waals surface area contributed by atoms with Gasteiger partial charge in [-0.25, -0.2) is 17.9 Å². The summed E-state index contributed by atoms with van der Waals surface area (Å²) in [5, 5.41) is 19.5. The van der Waals surface area contributed by atoms with Crippen LogP contribution in [0.3, 0.4) is 0 Å². The van der Waals surface area contributed by atoms with Gasteiger partial charge in [-0.2, -0.15) is 0 Å². The second-order valence-corrected chi connectivity index (χ2v) is 7.32. The molecule has 1 aromatic heterocycles. The highest BCUT2D eigenvalue weighted by Gasteiger charge is 2.28. The number of nitrogens with one attached hydrogen (secondary N) is 1. The van der Waals surface area contributed by atoms with E-state index in [0.717, 1.165) is 17.4 Å². The van der Waals surface area contributed by atoms with Crippen LogP contribution in [0.1, 0.15) is 36.4 Å². The van der Waals surface area contributed by atoms with Gasteiger partial charge in [0.1, 0.15) is 4.88 Å². The number of rotatable bonds is 8. The van der Waals surface area contributed by atoms with Gasteiger partial charge in [0.15, 0.2) is 0 Å². The highest BCUT2D eigenvalue weighted by molar-refractivity contribution is 7.89. The molecule has 0 aliphatic carbocycles. The molecule has 0 spiro atoms. The molecule has 0 bridgehead atoms. The van der Waals surface area contributed by atoms with Gasteiger partial charge in [-0.15, -0.1) is 11.3 Å². The van der Waals surface area contributed by atoms with E-state index in [1.54, 1.807) is 0 Å². The third kappa shape index (κ3) is 3.78. The fraction of sp³-hybridized carbons (Fsp3) is 0.583. The van der Waals surface area contributed by atoms with Gasteiger partial charge in [-0.05, 0) is 18.9 Å². The molecule has 8 heteroatoms. The van der Waals surface area contributed by atoms with Crippen LogP contribution < -0.4 is 4.72 Å². The van der Waals surface area contributed by atoms with Crippen molar-refractivity contribution in [2.24, 2.45) is 5.41 Å². The monoisotopic (exact) mass is 321 g/mol. The third-order valence-corrected chi connectivity index (χ3v) is 6.02. The quantitative estimate of drug-likeness (QED) is 0.673. The smallest absolute Gasteiger partial charge is 0.345 e. The van der Waals surface area contributed by atoms with E-state index in [2.05, 4.69) is 4.72 Å². The summed E-state index contributed by atoms with van der Waals surface area (Å²) >= 11 is 0.867. The molecule has 0 aliphatic heterocycles. The van der Waals surface area contributed by atoms with Gasteiger partial charge in [0.2, 0.25) is 10.0 Å². The molecule has 0 radical (unpaired) electrons. The summed E-state index contributed by atoms with van der Waals surface area (Å²) in [4.78, 5) is 10.7. The first-order valence-electron chi connectivity index (χ1n) is 6.22. The number of carbonyl (C=O) groups is 1. The average Bonchev–Trinajstić information content (AvgIpc) is 2.91. The van der Waals surface area contributed by atoms with Crippen LogP contribution in [-0.2, 0) is 10.0 Å². The Hall–Kier alpha value is -0.960. The Morgan fingerprint density at radius 2 is 2.00 bits per heavy atom. The number of sulfonamides is 1. The first kappa shape index (κ1) is 17.1. The topological polar surface area (TPSA) is 104 Å². The van der Waals surface area contributed by atoms with E-state index in [4.69, 9.17) is 5.11 Å². The van der Waals surface area contributed by atoms with E-state index >= 15 is 0 Å². The van der Waals surface area contributed by atoms with Crippen LogP contribution in [0.4, 0.5) is 0 Å². The largest absolute Gasteiger partial charge is 0.477 e. The minimum absolute atomic E-state index is 0.0234. The Morgan fingerprint density at radius 1 is 1.40 bits per heavy atom. The number of carboxylic acids is 1. The lowest BCUT2D eigenvalue weighted by Crippen LogP contribution is -2.39. The molecule has 0 saturated carbocycles. The normalized spacial score (nSPS) is 12.6. The molecule has 0 aromatic carbocycles. The fourth-order valence-corrected chi connectivity index (χ4v) is 3.95. The summed E-state index contributed by atoms with van der Waals surface area (Å²) in [5.41, 5.74) is -0.487. The maximum Gasteiger partial charge on any atom is 0.345 e. The van der Waals surface area contributed by atoms with Gasteiger partial charge in [-0.3, -0.25) is 0 Å². The standard InChI is InChI=1S/C12H19NO5S2/c1-3-12(4-2,8-14)7-13-20(17,18)9-5-10(11(15)16)19-6-9/h5-6,13-14H,3-4,7-8H2,1-2H3,(H,15,16). The minimum atomic E-state index is -3.75. The summed E-state index contributed by atoms with van der Waals surface area (Å²) < 4.78 is 26.6. The van der Waals surface area contributed by atoms with E-state index in [1.165, 1.54) is 5.38 Å². The fourth-order valence-electron chi connectivity index (χ4n) is 1.68. The molecule has 20 heavy (non-hydrogen) atoms. The Labute approximate surface area is 122 Å². The molecular formula is C12H19NO5S2. The van der Waals surface area contributed by atoms with Crippen molar-refractivity contribution in [1.29, 1.82) is 0 Å². The maximum absolute atomic E-state index is 12.1. The lowest BCUT2D eigenvalue weighted by Gasteiger charge is -2.29. The summed E-state index contributed by atoms with van der Waals surface area (Å²) in [5.74, 6) is -1.15. The zero-order valence-electron chi connectivity index (χ0n) is 11.4. The first-order chi connectivity index (χ1) is 9.30. The zero-order chi connectivity index (χ0) is 15.4. The minimum Gasteiger partial charge on any atom is -0.477 e. The Balaban J connectivity index is 2.87. The van der Waals surface area contributed by atoms with E-state index < -0.39 is 21.4 Å². The van der Waals surface area contributed by atoms with Crippen molar-refractivity contribution >= 4 is 27.3 Å². The Morgan fingerprint density at radius 3 is 2.40 bits per heavy atom. The Kier molecular flexibility index (Phi) is 5.69. The van der Waals surface area contributed by atoms with Crippen molar-refractivity contribution in [3.63, 3.8) is 0 Å². The molecule has 0 fully saturated rings. The number of carboxylic acid groups (broad SMARTS) is 1. The number of hydrogen-bond donors (Lipinski definition) is 3. The summed E-state index contributed by atoms with van der Waals surface area (Å²) in [7, 11) is -3.75. The predicted molar refractivity (Wildman–Crippen MR) is 76.6 cm³/mol. The summed E-state index contributed by atoms with van der Waals surface area (Å²) in [6, 6.07) is 1.13. The average molecular weight is 321 g/mol. The highest BCUT2D eigenvalue weighted by Crippen LogP contribution is 2.26. The van der Waals surface area contributed by atoms with Gasteiger partial charge >= 0.3 is 5.97 Å².